The van der Waals surface area contributed by atoms with Crippen molar-refractivity contribution in [2.75, 3.05) is 31.9 Å². The van der Waals surface area contributed by atoms with E-state index in [9.17, 15) is 9.59 Å². The van der Waals surface area contributed by atoms with Crippen LogP contribution in [0.1, 0.15) is 10.4 Å². The summed E-state index contributed by atoms with van der Waals surface area (Å²) in [6.45, 7) is 0. The highest BCUT2D eigenvalue weighted by atomic mass is 16.5. The molecule has 30 heavy (non-hydrogen) atoms. The zero-order chi connectivity index (χ0) is 21.7. The first-order valence-corrected chi connectivity index (χ1v) is 8.70. The van der Waals surface area contributed by atoms with Gasteiger partial charge in [-0.25, -0.2) is 19.7 Å². The van der Waals surface area contributed by atoms with E-state index in [1.165, 1.54) is 33.5 Å². The Morgan fingerprint density at radius 3 is 2.60 bits per heavy atom. The second-order valence-electron chi connectivity index (χ2n) is 5.92. The van der Waals surface area contributed by atoms with E-state index in [0.29, 0.717) is 28.6 Å². The number of ether oxygens (including phenoxy) is 2. The van der Waals surface area contributed by atoms with Gasteiger partial charge < -0.3 is 20.1 Å². The molecular weight excluding hydrogens is 392 g/mol. The predicted molar refractivity (Wildman–Crippen MR) is 108 cm³/mol. The van der Waals surface area contributed by atoms with E-state index in [1.807, 2.05) is 0 Å². The van der Waals surface area contributed by atoms with Gasteiger partial charge in [0.25, 0.3) is 5.91 Å². The standard InChI is InChI=1S/C18H20N8O4/c1-19-17(27)11-8-21-13(24-18(28)30-4)7-12(11)23-16-14(29-3)10(5-6-20-16)15-22-9-26(2)25-15/h5-9H,1-4H3,(H,19,27)(H2,20,21,23,24,28). The van der Waals surface area contributed by atoms with Crippen LogP contribution >= 0.6 is 0 Å². The second-order valence-corrected chi connectivity index (χ2v) is 5.92. The van der Waals surface area contributed by atoms with Crippen LogP contribution in [0.5, 0.6) is 5.75 Å². The Labute approximate surface area is 171 Å². The molecule has 0 atom stereocenters. The van der Waals surface area contributed by atoms with Gasteiger partial charge >= 0.3 is 6.09 Å². The smallest absolute Gasteiger partial charge is 0.412 e. The topological polar surface area (TPSA) is 145 Å². The van der Waals surface area contributed by atoms with Crippen molar-refractivity contribution in [3.8, 4) is 17.1 Å². The number of aryl methyl sites for hydroxylation is 1. The quantitative estimate of drug-likeness (QED) is 0.549. The fraction of sp³-hybridized carbons (Fsp3) is 0.222. The minimum absolute atomic E-state index is 0.179. The van der Waals surface area contributed by atoms with Crippen LogP contribution in [0.3, 0.4) is 0 Å². The second kappa shape index (κ2) is 8.86. The predicted octanol–water partition coefficient (Wildman–Crippen LogP) is 1.56. The maximum absolute atomic E-state index is 12.3. The van der Waals surface area contributed by atoms with Gasteiger partial charge in [-0.05, 0) is 6.07 Å². The molecule has 0 spiro atoms. The molecule has 3 heterocycles. The summed E-state index contributed by atoms with van der Waals surface area (Å²) < 4.78 is 11.7. The lowest BCUT2D eigenvalue weighted by Gasteiger charge is -2.15. The summed E-state index contributed by atoms with van der Waals surface area (Å²) in [5.74, 6) is 0.956. The summed E-state index contributed by atoms with van der Waals surface area (Å²) in [5.41, 5.74) is 1.19. The molecule has 0 aliphatic carbocycles. The number of nitrogens with zero attached hydrogens (tertiary/aromatic N) is 5. The van der Waals surface area contributed by atoms with E-state index >= 15 is 0 Å². The van der Waals surface area contributed by atoms with E-state index in [1.54, 1.807) is 30.3 Å². The number of amides is 2. The Morgan fingerprint density at radius 1 is 1.17 bits per heavy atom. The molecule has 0 aliphatic heterocycles. The third-order valence-corrected chi connectivity index (χ3v) is 3.99. The van der Waals surface area contributed by atoms with Gasteiger partial charge in [-0.15, -0.1) is 0 Å². The highest BCUT2D eigenvalue weighted by Crippen LogP contribution is 2.35. The number of carbonyl (C=O) groups is 2. The average molecular weight is 412 g/mol. The lowest BCUT2D eigenvalue weighted by molar-refractivity contribution is 0.0963. The third kappa shape index (κ3) is 4.27. The summed E-state index contributed by atoms with van der Waals surface area (Å²) in [6, 6.07) is 3.20. The summed E-state index contributed by atoms with van der Waals surface area (Å²) in [7, 11) is 5.98. The van der Waals surface area contributed by atoms with Gasteiger partial charge in [-0.3, -0.25) is 14.8 Å². The number of aromatic nitrogens is 5. The van der Waals surface area contributed by atoms with Crippen molar-refractivity contribution < 1.29 is 19.1 Å². The zero-order valence-corrected chi connectivity index (χ0v) is 16.8. The lowest BCUT2D eigenvalue weighted by Crippen LogP contribution is -2.20. The van der Waals surface area contributed by atoms with Gasteiger partial charge in [0.1, 0.15) is 12.1 Å². The van der Waals surface area contributed by atoms with Crippen molar-refractivity contribution in [3.63, 3.8) is 0 Å². The Kier molecular flexibility index (Phi) is 6.05. The minimum atomic E-state index is -0.694. The molecule has 0 saturated heterocycles. The molecule has 0 fully saturated rings. The summed E-state index contributed by atoms with van der Waals surface area (Å²) in [5, 5.41) is 12.3. The van der Waals surface area contributed by atoms with E-state index in [4.69, 9.17) is 4.74 Å². The fourth-order valence-corrected chi connectivity index (χ4v) is 2.61. The third-order valence-electron chi connectivity index (χ3n) is 3.99. The molecule has 0 aliphatic rings. The Morgan fingerprint density at radius 2 is 1.97 bits per heavy atom. The molecule has 0 unspecified atom stereocenters. The van der Waals surface area contributed by atoms with Gasteiger partial charge in [-0.1, -0.05) is 0 Å². The van der Waals surface area contributed by atoms with Gasteiger partial charge in [0.2, 0.25) is 0 Å². The summed E-state index contributed by atoms with van der Waals surface area (Å²) >= 11 is 0. The number of hydrogen-bond donors (Lipinski definition) is 3. The first-order chi connectivity index (χ1) is 14.5. The minimum Gasteiger partial charge on any atom is -0.492 e. The van der Waals surface area contributed by atoms with Crippen LogP contribution in [0, 0.1) is 0 Å². The van der Waals surface area contributed by atoms with Crippen LogP contribution in [-0.2, 0) is 11.8 Å². The Balaban J connectivity index is 2.05. The maximum atomic E-state index is 12.3. The van der Waals surface area contributed by atoms with Crippen molar-refractivity contribution in [3.05, 3.63) is 36.4 Å². The van der Waals surface area contributed by atoms with E-state index in [2.05, 4.69) is 40.7 Å². The maximum Gasteiger partial charge on any atom is 0.412 e. The van der Waals surface area contributed by atoms with Crippen molar-refractivity contribution in [2.45, 2.75) is 0 Å². The largest absolute Gasteiger partial charge is 0.492 e. The van der Waals surface area contributed by atoms with Gasteiger partial charge in [-0.2, -0.15) is 5.10 Å². The van der Waals surface area contributed by atoms with Crippen molar-refractivity contribution in [1.82, 2.24) is 30.0 Å². The van der Waals surface area contributed by atoms with Crippen molar-refractivity contribution in [1.29, 1.82) is 0 Å². The molecule has 12 heteroatoms. The molecule has 0 bridgehead atoms. The van der Waals surface area contributed by atoms with Crippen LogP contribution in [0.2, 0.25) is 0 Å². The van der Waals surface area contributed by atoms with Crippen LogP contribution in [0.4, 0.5) is 22.1 Å². The van der Waals surface area contributed by atoms with Crippen LogP contribution in [0.15, 0.2) is 30.9 Å². The highest BCUT2D eigenvalue weighted by molar-refractivity contribution is 6.01. The Bertz CT molecular complexity index is 1080. The molecule has 156 valence electrons. The first-order valence-electron chi connectivity index (χ1n) is 8.70. The number of rotatable bonds is 6. The van der Waals surface area contributed by atoms with Gasteiger partial charge in [0, 0.05) is 32.6 Å². The molecule has 0 aromatic carbocycles. The lowest BCUT2D eigenvalue weighted by atomic mass is 10.2. The van der Waals surface area contributed by atoms with E-state index in [-0.39, 0.29) is 17.3 Å². The number of hydrogen-bond acceptors (Lipinski definition) is 9. The molecule has 0 radical (unpaired) electrons. The van der Waals surface area contributed by atoms with Gasteiger partial charge in [0.15, 0.2) is 17.4 Å². The molecule has 12 nitrogen and oxygen atoms in total. The number of nitrogens with one attached hydrogen (secondary N) is 3. The molecule has 3 N–H and O–H groups in total. The average Bonchev–Trinajstić information content (AvgIpc) is 3.19. The SMILES string of the molecule is CNC(=O)c1cnc(NC(=O)OC)cc1Nc1nccc(-c2ncn(C)n2)c1OC. The monoisotopic (exact) mass is 412 g/mol. The van der Waals surface area contributed by atoms with Crippen LogP contribution in [0.25, 0.3) is 11.4 Å². The molecule has 3 aromatic rings. The number of carbonyl (C=O) groups excluding carboxylic acids is 2. The van der Waals surface area contributed by atoms with E-state index in [0.717, 1.165) is 0 Å². The fourth-order valence-electron chi connectivity index (χ4n) is 2.61. The Hall–Kier alpha value is -4.22. The van der Waals surface area contributed by atoms with Gasteiger partial charge in [0.05, 0.1) is 31.0 Å². The van der Waals surface area contributed by atoms with Crippen LogP contribution in [-0.4, -0.2) is 58.0 Å². The zero-order valence-electron chi connectivity index (χ0n) is 16.8. The molecule has 2 amide bonds. The van der Waals surface area contributed by atoms with Crippen molar-refractivity contribution in [2.24, 2.45) is 7.05 Å². The van der Waals surface area contributed by atoms with E-state index < -0.39 is 6.09 Å². The molecule has 3 aromatic heterocycles. The highest BCUT2D eigenvalue weighted by Gasteiger charge is 2.19. The summed E-state index contributed by atoms with van der Waals surface area (Å²) in [6.07, 6.45) is 3.76. The molecular formula is C18H20N8O4. The first kappa shape index (κ1) is 20.5. The van der Waals surface area contributed by atoms with Crippen molar-refractivity contribution >= 4 is 29.3 Å². The number of methoxy groups -OCH3 is 2. The summed E-state index contributed by atoms with van der Waals surface area (Å²) in [4.78, 5) is 36.4. The molecule has 0 saturated carbocycles. The molecule has 3 rings (SSSR count). The van der Waals surface area contributed by atoms with Crippen LogP contribution < -0.4 is 20.7 Å². The normalized spacial score (nSPS) is 10.3. The number of anilines is 3. The number of pyridine rings is 2.